The molecular formula is C29H37N5O2S. The van der Waals surface area contributed by atoms with E-state index in [1.54, 1.807) is 11.3 Å². The number of fused-ring (bicyclic) bond motifs is 1. The minimum absolute atomic E-state index is 0.0166. The van der Waals surface area contributed by atoms with Crippen molar-refractivity contribution in [3.63, 3.8) is 0 Å². The Hall–Kier alpha value is -2.52. The van der Waals surface area contributed by atoms with E-state index >= 15 is 0 Å². The number of likely N-dealkylation sites (tertiary alicyclic amines) is 1. The second kappa shape index (κ2) is 11.5. The number of benzene rings is 1. The van der Waals surface area contributed by atoms with Gasteiger partial charge in [0.1, 0.15) is 0 Å². The van der Waals surface area contributed by atoms with E-state index in [0.717, 1.165) is 87.2 Å². The molecule has 0 unspecified atom stereocenters. The van der Waals surface area contributed by atoms with Gasteiger partial charge >= 0.3 is 0 Å². The fourth-order valence-electron chi connectivity index (χ4n) is 5.50. The number of nitrogens with zero attached hydrogens (tertiary/aromatic N) is 3. The summed E-state index contributed by atoms with van der Waals surface area (Å²) in [5, 5.41) is 8.86. The van der Waals surface area contributed by atoms with Crippen LogP contribution in [0, 0.1) is 0 Å². The van der Waals surface area contributed by atoms with E-state index < -0.39 is 0 Å². The van der Waals surface area contributed by atoms with Crippen LogP contribution in [0.1, 0.15) is 42.5 Å². The van der Waals surface area contributed by atoms with Crippen LogP contribution in [0.15, 0.2) is 41.8 Å². The molecule has 1 aliphatic carbocycles. The van der Waals surface area contributed by atoms with Gasteiger partial charge in [-0.05, 0) is 81.4 Å². The third kappa shape index (κ3) is 6.14. The van der Waals surface area contributed by atoms with Gasteiger partial charge in [-0.15, -0.1) is 11.3 Å². The Bertz CT molecular complexity index is 1190. The number of carbonyl (C=O) groups excluding carboxylic acids is 1. The molecule has 0 spiro atoms. The maximum absolute atomic E-state index is 12.3. The zero-order valence-corrected chi connectivity index (χ0v) is 22.3. The molecule has 2 aliphatic heterocycles. The summed E-state index contributed by atoms with van der Waals surface area (Å²) in [5.74, 6) is 0.0166. The summed E-state index contributed by atoms with van der Waals surface area (Å²) < 4.78 is 6.72. The van der Waals surface area contributed by atoms with E-state index in [1.165, 1.54) is 30.6 Å². The topological polar surface area (TPSA) is 69.7 Å². The SMILES string of the molecule is O=C(NC1CC1)c1ccc(-c2cc(NCCCN3CCC(N4CCOCC4)CC3)c3sccc3n2)cc1. The van der Waals surface area contributed by atoms with Crippen LogP contribution in [0.3, 0.4) is 0 Å². The number of hydrogen-bond acceptors (Lipinski definition) is 7. The highest BCUT2D eigenvalue weighted by molar-refractivity contribution is 7.17. The highest BCUT2D eigenvalue weighted by Crippen LogP contribution is 2.32. The van der Waals surface area contributed by atoms with E-state index in [-0.39, 0.29) is 5.91 Å². The second-order valence-corrected chi connectivity index (χ2v) is 11.4. The van der Waals surface area contributed by atoms with Gasteiger partial charge in [-0.1, -0.05) is 12.1 Å². The summed E-state index contributed by atoms with van der Waals surface area (Å²) in [6, 6.07) is 13.2. The molecule has 1 aromatic carbocycles. The van der Waals surface area contributed by atoms with E-state index in [4.69, 9.17) is 9.72 Å². The lowest BCUT2D eigenvalue weighted by Crippen LogP contribution is -2.49. The highest BCUT2D eigenvalue weighted by atomic mass is 32.1. The average Bonchev–Trinajstić information content (AvgIpc) is 3.63. The van der Waals surface area contributed by atoms with Gasteiger partial charge in [0.2, 0.25) is 0 Å². The van der Waals surface area contributed by atoms with Crippen LogP contribution in [0.25, 0.3) is 21.5 Å². The molecule has 4 heterocycles. The average molecular weight is 520 g/mol. The molecule has 0 radical (unpaired) electrons. The normalized spacial score (nSPS) is 19.8. The lowest BCUT2D eigenvalue weighted by Gasteiger charge is -2.40. The van der Waals surface area contributed by atoms with Crippen molar-refractivity contribution in [3.8, 4) is 11.3 Å². The molecule has 0 bridgehead atoms. The molecule has 37 heavy (non-hydrogen) atoms. The van der Waals surface area contributed by atoms with Crippen molar-refractivity contribution in [2.24, 2.45) is 0 Å². The zero-order valence-electron chi connectivity index (χ0n) is 21.5. The first-order valence-corrected chi connectivity index (χ1v) is 14.7. The molecule has 6 rings (SSSR count). The number of pyridine rings is 1. The molecule has 2 aromatic heterocycles. The maximum Gasteiger partial charge on any atom is 0.251 e. The first-order chi connectivity index (χ1) is 18.2. The quantitative estimate of drug-likeness (QED) is 0.407. The standard InChI is InChI=1S/C29H37N5O2S/c35-29(31-23-6-7-23)22-4-2-21(3-5-22)26-20-27(28-25(32-26)10-19-37-28)30-11-1-12-33-13-8-24(9-14-33)34-15-17-36-18-16-34/h2-5,10,19-20,23-24H,1,6-9,11-18H2,(H,30,32)(H,31,35). The number of carbonyl (C=O) groups is 1. The number of anilines is 1. The Balaban J connectivity index is 1.03. The van der Waals surface area contributed by atoms with Gasteiger partial charge in [-0.25, -0.2) is 4.98 Å². The van der Waals surface area contributed by atoms with Crippen molar-refractivity contribution in [2.75, 3.05) is 57.8 Å². The number of aromatic nitrogens is 1. The second-order valence-electron chi connectivity index (χ2n) is 10.5. The summed E-state index contributed by atoms with van der Waals surface area (Å²) in [6.07, 6.45) is 5.86. The molecule has 7 nitrogen and oxygen atoms in total. The van der Waals surface area contributed by atoms with Crippen LogP contribution < -0.4 is 10.6 Å². The van der Waals surface area contributed by atoms with Crippen molar-refractivity contribution in [1.29, 1.82) is 0 Å². The Morgan fingerprint density at radius 3 is 2.57 bits per heavy atom. The Labute approximate surface area is 223 Å². The van der Waals surface area contributed by atoms with Crippen LogP contribution in [0.4, 0.5) is 5.69 Å². The molecule has 196 valence electrons. The van der Waals surface area contributed by atoms with Crippen molar-refractivity contribution in [3.05, 3.63) is 47.3 Å². The lowest BCUT2D eigenvalue weighted by molar-refractivity contribution is 0.000914. The molecule has 1 saturated carbocycles. The van der Waals surface area contributed by atoms with Gasteiger partial charge in [0, 0.05) is 42.8 Å². The number of rotatable bonds is 9. The summed E-state index contributed by atoms with van der Waals surface area (Å²) in [6.45, 7) is 8.46. The van der Waals surface area contributed by atoms with E-state index in [1.807, 2.05) is 24.3 Å². The lowest BCUT2D eigenvalue weighted by atomic mass is 10.0. The first kappa shape index (κ1) is 24.8. The van der Waals surface area contributed by atoms with Crippen molar-refractivity contribution in [2.45, 2.75) is 44.2 Å². The maximum atomic E-state index is 12.3. The first-order valence-electron chi connectivity index (χ1n) is 13.8. The molecule has 3 aromatic rings. The fourth-order valence-corrected chi connectivity index (χ4v) is 6.33. The van der Waals surface area contributed by atoms with Crippen LogP contribution in [-0.4, -0.2) is 85.3 Å². The van der Waals surface area contributed by atoms with Crippen LogP contribution in [-0.2, 0) is 4.74 Å². The number of amides is 1. The predicted molar refractivity (Wildman–Crippen MR) is 151 cm³/mol. The number of nitrogens with one attached hydrogen (secondary N) is 2. The number of hydrogen-bond donors (Lipinski definition) is 2. The van der Waals surface area contributed by atoms with Gasteiger partial charge in [0.05, 0.1) is 34.8 Å². The van der Waals surface area contributed by atoms with Gasteiger partial charge < -0.3 is 20.3 Å². The van der Waals surface area contributed by atoms with Crippen molar-refractivity contribution in [1.82, 2.24) is 20.1 Å². The van der Waals surface area contributed by atoms with Gasteiger partial charge in [-0.3, -0.25) is 9.69 Å². The van der Waals surface area contributed by atoms with Crippen molar-refractivity contribution >= 4 is 33.1 Å². The number of thiophene rings is 1. The zero-order chi connectivity index (χ0) is 25.0. The molecule has 1 amide bonds. The molecule has 2 saturated heterocycles. The van der Waals surface area contributed by atoms with Crippen LogP contribution in [0.2, 0.25) is 0 Å². The smallest absolute Gasteiger partial charge is 0.251 e. The number of piperidine rings is 1. The molecule has 3 fully saturated rings. The molecule has 2 N–H and O–H groups in total. The predicted octanol–water partition coefficient (Wildman–Crippen LogP) is 4.45. The Morgan fingerprint density at radius 2 is 1.81 bits per heavy atom. The Kier molecular flexibility index (Phi) is 7.69. The summed E-state index contributed by atoms with van der Waals surface area (Å²) in [7, 11) is 0. The summed E-state index contributed by atoms with van der Waals surface area (Å²) in [4.78, 5) is 22.5. The van der Waals surface area contributed by atoms with Crippen LogP contribution >= 0.6 is 11.3 Å². The third-order valence-electron chi connectivity index (χ3n) is 7.85. The molecule has 3 aliphatic rings. The molecule has 0 atom stereocenters. The fraction of sp³-hybridized carbons (Fsp3) is 0.517. The van der Waals surface area contributed by atoms with Crippen LogP contribution in [0.5, 0.6) is 0 Å². The monoisotopic (exact) mass is 519 g/mol. The van der Waals surface area contributed by atoms with Crippen molar-refractivity contribution < 1.29 is 9.53 Å². The van der Waals surface area contributed by atoms with E-state index in [9.17, 15) is 4.79 Å². The van der Waals surface area contributed by atoms with Gasteiger partial charge in [-0.2, -0.15) is 0 Å². The molecular weight excluding hydrogens is 482 g/mol. The largest absolute Gasteiger partial charge is 0.384 e. The minimum atomic E-state index is 0.0166. The molecule has 8 heteroatoms. The summed E-state index contributed by atoms with van der Waals surface area (Å²) >= 11 is 1.73. The van der Waals surface area contributed by atoms with Gasteiger partial charge in [0.25, 0.3) is 5.91 Å². The number of morpholine rings is 1. The van der Waals surface area contributed by atoms with E-state index in [2.05, 4.69) is 37.9 Å². The summed E-state index contributed by atoms with van der Waals surface area (Å²) in [5.41, 5.74) is 4.84. The third-order valence-corrected chi connectivity index (χ3v) is 8.79. The Morgan fingerprint density at radius 1 is 1.03 bits per heavy atom. The number of ether oxygens (including phenoxy) is 1. The minimum Gasteiger partial charge on any atom is -0.384 e. The highest BCUT2D eigenvalue weighted by Gasteiger charge is 2.26. The van der Waals surface area contributed by atoms with E-state index in [0.29, 0.717) is 11.6 Å². The van der Waals surface area contributed by atoms with Gasteiger partial charge in [0.15, 0.2) is 0 Å².